The van der Waals surface area contributed by atoms with Crippen molar-refractivity contribution in [2.75, 3.05) is 5.73 Å². The molecule has 1 aromatic carbocycles. The molecular formula is C9H10N2O3. The van der Waals surface area contributed by atoms with Gasteiger partial charge in [0, 0.05) is 11.8 Å². The van der Waals surface area contributed by atoms with Gasteiger partial charge in [0.15, 0.2) is 5.75 Å². The summed E-state index contributed by atoms with van der Waals surface area (Å²) < 4.78 is 5.38. The summed E-state index contributed by atoms with van der Waals surface area (Å²) in [5, 5.41) is 10.6. The Balaban J connectivity index is 2.31. The number of nitrogen functional groups attached to an aromatic ring is 1. The van der Waals surface area contributed by atoms with Crippen LogP contribution < -0.4 is 10.5 Å². The molecule has 5 heteroatoms. The number of ether oxygens (including phenoxy) is 1. The first kappa shape index (κ1) is 8.80. The van der Waals surface area contributed by atoms with Crippen LogP contribution in [-0.2, 0) is 0 Å². The van der Waals surface area contributed by atoms with Crippen LogP contribution in [0.25, 0.3) is 0 Å². The van der Waals surface area contributed by atoms with E-state index in [1.165, 1.54) is 6.07 Å². The van der Waals surface area contributed by atoms with Gasteiger partial charge in [0.1, 0.15) is 0 Å². The molecule has 0 unspecified atom stereocenters. The van der Waals surface area contributed by atoms with Crippen LogP contribution in [0.1, 0.15) is 12.8 Å². The Morgan fingerprint density at radius 3 is 2.79 bits per heavy atom. The van der Waals surface area contributed by atoms with Crippen LogP contribution in [0.5, 0.6) is 5.75 Å². The minimum absolute atomic E-state index is 0.0584. The monoisotopic (exact) mass is 194 g/mol. The second kappa shape index (κ2) is 3.17. The van der Waals surface area contributed by atoms with E-state index >= 15 is 0 Å². The number of nitro benzene ring substituents is 1. The largest absolute Gasteiger partial charge is 0.483 e. The first-order valence-corrected chi connectivity index (χ1v) is 4.37. The molecule has 0 radical (unpaired) electrons. The highest BCUT2D eigenvalue weighted by Gasteiger charge is 2.27. The zero-order chi connectivity index (χ0) is 10.1. The fraction of sp³-hybridized carbons (Fsp3) is 0.333. The molecule has 5 nitrogen and oxygen atoms in total. The van der Waals surface area contributed by atoms with E-state index in [0.29, 0.717) is 11.4 Å². The molecule has 1 aliphatic carbocycles. The van der Waals surface area contributed by atoms with E-state index in [1.54, 1.807) is 12.1 Å². The van der Waals surface area contributed by atoms with Gasteiger partial charge in [-0.25, -0.2) is 0 Å². The summed E-state index contributed by atoms with van der Waals surface area (Å²) in [6.45, 7) is 0. The summed E-state index contributed by atoms with van der Waals surface area (Å²) in [6.07, 6.45) is 2.10. The lowest BCUT2D eigenvalue weighted by Gasteiger charge is -2.05. The van der Waals surface area contributed by atoms with Crippen LogP contribution in [0.3, 0.4) is 0 Å². The standard InChI is InChI=1S/C9H10N2O3/c10-6-1-4-9(14-7-2-3-7)8(5-6)11(12)13/h1,4-5,7H,2-3,10H2. The van der Waals surface area contributed by atoms with Crippen molar-refractivity contribution in [3.8, 4) is 5.75 Å². The highest BCUT2D eigenvalue weighted by Crippen LogP contribution is 2.34. The fourth-order valence-corrected chi connectivity index (χ4v) is 1.14. The van der Waals surface area contributed by atoms with Gasteiger partial charge in [-0.3, -0.25) is 10.1 Å². The van der Waals surface area contributed by atoms with Crippen LogP contribution in [0.4, 0.5) is 11.4 Å². The molecule has 1 aliphatic rings. The second-order valence-corrected chi connectivity index (χ2v) is 3.30. The van der Waals surface area contributed by atoms with Gasteiger partial charge in [-0.1, -0.05) is 0 Å². The molecule has 0 heterocycles. The van der Waals surface area contributed by atoms with Crippen molar-refractivity contribution in [1.29, 1.82) is 0 Å². The van der Waals surface area contributed by atoms with Gasteiger partial charge in [0.05, 0.1) is 11.0 Å². The predicted octanol–water partition coefficient (Wildman–Crippen LogP) is 1.72. The van der Waals surface area contributed by atoms with E-state index in [2.05, 4.69) is 0 Å². The number of rotatable bonds is 3. The van der Waals surface area contributed by atoms with Crippen molar-refractivity contribution in [3.63, 3.8) is 0 Å². The number of benzene rings is 1. The molecule has 0 aliphatic heterocycles. The van der Waals surface area contributed by atoms with E-state index < -0.39 is 4.92 Å². The van der Waals surface area contributed by atoms with Crippen molar-refractivity contribution >= 4 is 11.4 Å². The minimum atomic E-state index is -0.478. The first-order chi connectivity index (χ1) is 6.66. The third-order valence-corrected chi connectivity index (χ3v) is 2.00. The number of nitro groups is 1. The summed E-state index contributed by atoms with van der Waals surface area (Å²) in [6, 6.07) is 4.47. The number of nitrogens with zero attached hydrogens (tertiary/aromatic N) is 1. The molecule has 0 saturated heterocycles. The van der Waals surface area contributed by atoms with Gasteiger partial charge in [0.25, 0.3) is 0 Å². The zero-order valence-corrected chi connectivity index (χ0v) is 7.47. The third-order valence-electron chi connectivity index (χ3n) is 2.00. The van der Waals surface area contributed by atoms with Crippen LogP contribution >= 0.6 is 0 Å². The maximum absolute atomic E-state index is 10.6. The minimum Gasteiger partial charge on any atom is -0.483 e. The lowest BCUT2D eigenvalue weighted by atomic mass is 10.2. The van der Waals surface area contributed by atoms with Gasteiger partial charge >= 0.3 is 5.69 Å². The van der Waals surface area contributed by atoms with Crippen molar-refractivity contribution in [1.82, 2.24) is 0 Å². The molecule has 2 N–H and O–H groups in total. The molecule has 14 heavy (non-hydrogen) atoms. The lowest BCUT2D eigenvalue weighted by Crippen LogP contribution is -2.00. The molecule has 2 rings (SSSR count). The molecule has 0 atom stereocenters. The fourth-order valence-electron chi connectivity index (χ4n) is 1.14. The van der Waals surface area contributed by atoms with Gasteiger partial charge in [-0.2, -0.15) is 0 Å². The Bertz CT molecular complexity index is 374. The van der Waals surface area contributed by atoms with Gasteiger partial charge in [-0.15, -0.1) is 0 Å². The molecule has 1 saturated carbocycles. The first-order valence-electron chi connectivity index (χ1n) is 4.37. The van der Waals surface area contributed by atoms with E-state index in [0.717, 1.165) is 12.8 Å². The summed E-state index contributed by atoms with van der Waals surface area (Å²) in [5.41, 5.74) is 5.77. The van der Waals surface area contributed by atoms with Crippen LogP contribution in [0.2, 0.25) is 0 Å². The number of anilines is 1. The van der Waals surface area contributed by atoms with E-state index in [1.807, 2.05) is 0 Å². The highest BCUT2D eigenvalue weighted by molar-refractivity contribution is 5.56. The maximum atomic E-state index is 10.6. The topological polar surface area (TPSA) is 78.4 Å². The van der Waals surface area contributed by atoms with Gasteiger partial charge in [-0.05, 0) is 25.0 Å². The Morgan fingerprint density at radius 1 is 1.50 bits per heavy atom. The zero-order valence-electron chi connectivity index (χ0n) is 7.47. The van der Waals surface area contributed by atoms with Gasteiger partial charge < -0.3 is 10.5 Å². The van der Waals surface area contributed by atoms with Crippen molar-refractivity contribution in [2.24, 2.45) is 0 Å². The van der Waals surface area contributed by atoms with Crippen molar-refractivity contribution in [3.05, 3.63) is 28.3 Å². The SMILES string of the molecule is Nc1ccc(OC2CC2)c([N+](=O)[O-])c1. The van der Waals surface area contributed by atoms with E-state index in [4.69, 9.17) is 10.5 Å². The van der Waals surface area contributed by atoms with Crippen molar-refractivity contribution < 1.29 is 9.66 Å². The quantitative estimate of drug-likeness (QED) is 0.451. The summed E-state index contributed by atoms with van der Waals surface area (Å²) in [4.78, 5) is 10.2. The van der Waals surface area contributed by atoms with E-state index in [9.17, 15) is 10.1 Å². The Hall–Kier alpha value is -1.78. The molecule has 0 aromatic heterocycles. The average molecular weight is 194 g/mol. The Labute approximate surface area is 80.6 Å². The Morgan fingerprint density at radius 2 is 2.21 bits per heavy atom. The third kappa shape index (κ3) is 1.76. The van der Waals surface area contributed by atoms with Crippen LogP contribution in [0.15, 0.2) is 18.2 Å². The number of nitrogens with two attached hydrogens (primary N) is 1. The lowest BCUT2D eigenvalue weighted by molar-refractivity contribution is -0.385. The number of hydrogen-bond donors (Lipinski definition) is 1. The molecule has 1 fully saturated rings. The second-order valence-electron chi connectivity index (χ2n) is 3.30. The van der Waals surface area contributed by atoms with Crippen LogP contribution in [0, 0.1) is 10.1 Å². The normalized spacial score (nSPS) is 15.1. The van der Waals surface area contributed by atoms with Crippen LogP contribution in [-0.4, -0.2) is 11.0 Å². The molecule has 0 bridgehead atoms. The molecule has 0 spiro atoms. The van der Waals surface area contributed by atoms with Crippen molar-refractivity contribution in [2.45, 2.75) is 18.9 Å². The number of hydrogen-bond acceptors (Lipinski definition) is 4. The molecule has 1 aromatic rings. The predicted molar refractivity (Wildman–Crippen MR) is 51.2 cm³/mol. The summed E-state index contributed by atoms with van der Waals surface area (Å²) in [7, 11) is 0. The summed E-state index contributed by atoms with van der Waals surface area (Å²) >= 11 is 0. The van der Waals surface area contributed by atoms with E-state index in [-0.39, 0.29) is 11.8 Å². The summed E-state index contributed by atoms with van der Waals surface area (Å²) in [5.74, 6) is 0.312. The van der Waals surface area contributed by atoms with Gasteiger partial charge in [0.2, 0.25) is 0 Å². The molecular weight excluding hydrogens is 184 g/mol. The highest BCUT2D eigenvalue weighted by atomic mass is 16.6. The molecule has 74 valence electrons. The maximum Gasteiger partial charge on any atom is 0.312 e. The smallest absolute Gasteiger partial charge is 0.312 e. The molecule has 0 amide bonds. The average Bonchev–Trinajstić information content (AvgIpc) is 2.91. The Kier molecular flexibility index (Phi) is 1.99.